The number of amides is 2. The highest BCUT2D eigenvalue weighted by Crippen LogP contribution is 2.27. The summed E-state index contributed by atoms with van der Waals surface area (Å²) < 4.78 is 6.18. The van der Waals surface area contributed by atoms with Crippen molar-refractivity contribution in [3.8, 4) is 0 Å². The predicted molar refractivity (Wildman–Crippen MR) is 105 cm³/mol. The fraction of sp³-hybridized carbons (Fsp3) is 0.238. The molecule has 9 nitrogen and oxygen atoms in total. The van der Waals surface area contributed by atoms with Crippen LogP contribution in [0, 0.1) is 5.92 Å². The number of imide groups is 1. The molecule has 0 radical (unpaired) electrons. The first-order valence-corrected chi connectivity index (χ1v) is 9.36. The van der Waals surface area contributed by atoms with Crippen molar-refractivity contribution in [2.24, 2.45) is 5.92 Å². The van der Waals surface area contributed by atoms with Crippen LogP contribution in [0.3, 0.4) is 0 Å². The first-order valence-electron chi connectivity index (χ1n) is 9.36. The maximum Gasteiger partial charge on any atom is 0.331 e. The Kier molecular flexibility index (Phi) is 4.86. The van der Waals surface area contributed by atoms with Crippen LogP contribution in [0.2, 0.25) is 0 Å². The van der Waals surface area contributed by atoms with Crippen molar-refractivity contribution in [1.29, 1.82) is 0 Å². The standard InChI is InChI=1S/C21H18N4O5/c1-12(2)17(25-19(27)13-7-3-4-8-14(13)20(25)28)21(29)30-11-24-18(26)15-9-5-6-10-16(15)22-23-24/h3-10,12,17H,11H2,1-2H3/t17-/m0/s1. The molecule has 30 heavy (non-hydrogen) atoms. The van der Waals surface area contributed by atoms with Gasteiger partial charge in [-0.15, -0.1) is 5.10 Å². The molecule has 2 heterocycles. The highest BCUT2D eigenvalue weighted by Gasteiger charge is 2.44. The lowest BCUT2D eigenvalue weighted by atomic mass is 10.0. The Morgan fingerprint density at radius 2 is 1.57 bits per heavy atom. The number of carbonyl (C=O) groups excluding carboxylic acids is 3. The van der Waals surface area contributed by atoms with Crippen molar-refractivity contribution < 1.29 is 19.1 Å². The zero-order valence-corrected chi connectivity index (χ0v) is 16.3. The number of carbonyl (C=O) groups is 3. The lowest BCUT2D eigenvalue weighted by Gasteiger charge is -2.27. The van der Waals surface area contributed by atoms with Gasteiger partial charge in [-0.3, -0.25) is 19.3 Å². The van der Waals surface area contributed by atoms with E-state index in [1.54, 1.807) is 62.4 Å². The van der Waals surface area contributed by atoms with Gasteiger partial charge in [0.1, 0.15) is 11.6 Å². The van der Waals surface area contributed by atoms with Gasteiger partial charge in [-0.1, -0.05) is 43.3 Å². The minimum Gasteiger partial charge on any atom is -0.441 e. The van der Waals surface area contributed by atoms with E-state index in [4.69, 9.17) is 4.74 Å². The van der Waals surface area contributed by atoms with Crippen molar-refractivity contribution in [1.82, 2.24) is 19.9 Å². The molecule has 9 heteroatoms. The second-order valence-corrected chi connectivity index (χ2v) is 7.22. The summed E-state index contributed by atoms with van der Waals surface area (Å²) in [5.74, 6) is -2.30. The fourth-order valence-corrected chi connectivity index (χ4v) is 3.45. The van der Waals surface area contributed by atoms with Gasteiger partial charge in [0.15, 0.2) is 6.73 Å². The number of ether oxygens (including phenoxy) is 1. The van der Waals surface area contributed by atoms with Gasteiger partial charge >= 0.3 is 5.97 Å². The molecule has 0 fully saturated rings. The molecule has 0 saturated carbocycles. The molecule has 4 rings (SSSR count). The first kappa shape index (κ1) is 19.4. The third kappa shape index (κ3) is 3.14. The first-order chi connectivity index (χ1) is 14.4. The molecule has 1 atom stereocenters. The lowest BCUT2D eigenvalue weighted by Crippen LogP contribution is -2.49. The van der Waals surface area contributed by atoms with Crippen molar-refractivity contribution in [2.45, 2.75) is 26.6 Å². The Morgan fingerprint density at radius 3 is 2.20 bits per heavy atom. The predicted octanol–water partition coefficient (Wildman–Crippen LogP) is 1.61. The quantitative estimate of drug-likeness (QED) is 0.467. The molecule has 1 aliphatic rings. The minimum absolute atomic E-state index is 0.248. The number of hydrogen-bond donors (Lipinski definition) is 0. The molecular weight excluding hydrogens is 388 g/mol. The number of fused-ring (bicyclic) bond motifs is 2. The molecule has 0 saturated heterocycles. The molecule has 152 valence electrons. The third-order valence-electron chi connectivity index (χ3n) is 4.94. The molecule has 3 aromatic rings. The number of esters is 1. The summed E-state index contributed by atoms with van der Waals surface area (Å²) in [7, 11) is 0. The largest absolute Gasteiger partial charge is 0.441 e. The van der Waals surface area contributed by atoms with Gasteiger partial charge in [-0.2, -0.15) is 4.68 Å². The average Bonchev–Trinajstić information content (AvgIpc) is 2.99. The second kappa shape index (κ2) is 7.51. The van der Waals surface area contributed by atoms with Crippen molar-refractivity contribution in [2.75, 3.05) is 0 Å². The molecule has 0 unspecified atom stereocenters. The smallest absolute Gasteiger partial charge is 0.331 e. The number of hydrogen-bond acceptors (Lipinski definition) is 7. The Balaban J connectivity index is 1.57. The highest BCUT2D eigenvalue weighted by atomic mass is 16.5. The van der Waals surface area contributed by atoms with Crippen LogP contribution in [0.5, 0.6) is 0 Å². The number of rotatable bonds is 5. The summed E-state index contributed by atoms with van der Waals surface area (Å²) in [6, 6.07) is 11.9. The SMILES string of the molecule is CC(C)[C@@H](C(=O)OCn1nnc2ccccc2c1=O)N1C(=O)c2ccccc2C1=O. The van der Waals surface area contributed by atoms with Crippen LogP contribution >= 0.6 is 0 Å². The summed E-state index contributed by atoms with van der Waals surface area (Å²) in [5.41, 5.74) is 0.460. The van der Waals surface area contributed by atoms with Crippen LogP contribution in [0.4, 0.5) is 0 Å². The van der Waals surface area contributed by atoms with E-state index in [9.17, 15) is 19.2 Å². The maximum atomic E-state index is 12.8. The molecule has 0 aliphatic carbocycles. The van der Waals surface area contributed by atoms with Crippen molar-refractivity contribution in [3.63, 3.8) is 0 Å². The van der Waals surface area contributed by atoms with E-state index >= 15 is 0 Å². The van der Waals surface area contributed by atoms with E-state index < -0.39 is 42.0 Å². The Morgan fingerprint density at radius 1 is 0.967 bits per heavy atom. The summed E-state index contributed by atoms with van der Waals surface area (Å²) in [6.45, 7) is 2.93. The van der Waals surface area contributed by atoms with Gasteiger partial charge in [-0.05, 0) is 30.2 Å². The van der Waals surface area contributed by atoms with Gasteiger partial charge in [0.05, 0.1) is 16.5 Å². The maximum absolute atomic E-state index is 12.8. The molecule has 0 spiro atoms. The Labute approximate surface area is 170 Å². The van der Waals surface area contributed by atoms with E-state index in [0.717, 1.165) is 9.58 Å². The van der Waals surface area contributed by atoms with Crippen molar-refractivity contribution in [3.05, 3.63) is 70.0 Å². The molecule has 2 amide bonds. The average molecular weight is 406 g/mol. The zero-order chi connectivity index (χ0) is 21.4. The van der Waals surface area contributed by atoms with E-state index in [1.165, 1.54) is 0 Å². The van der Waals surface area contributed by atoms with Crippen LogP contribution < -0.4 is 5.56 Å². The normalized spacial score (nSPS) is 14.3. The van der Waals surface area contributed by atoms with E-state index in [-0.39, 0.29) is 11.1 Å². The van der Waals surface area contributed by atoms with E-state index in [1.807, 2.05) is 0 Å². The third-order valence-corrected chi connectivity index (χ3v) is 4.94. The van der Waals surface area contributed by atoms with Crippen LogP contribution in [0.1, 0.15) is 34.6 Å². The van der Waals surface area contributed by atoms with Crippen LogP contribution in [0.15, 0.2) is 53.3 Å². The molecule has 0 bridgehead atoms. The van der Waals surface area contributed by atoms with Crippen LogP contribution in [0.25, 0.3) is 10.9 Å². The molecule has 2 aromatic carbocycles. The van der Waals surface area contributed by atoms with E-state index in [2.05, 4.69) is 10.3 Å². The number of benzene rings is 2. The highest BCUT2D eigenvalue weighted by molar-refractivity contribution is 6.22. The zero-order valence-electron chi connectivity index (χ0n) is 16.3. The minimum atomic E-state index is -1.14. The van der Waals surface area contributed by atoms with Gasteiger partial charge < -0.3 is 4.74 Å². The molecule has 1 aromatic heterocycles. The van der Waals surface area contributed by atoms with Gasteiger partial charge in [-0.25, -0.2) is 4.79 Å². The van der Waals surface area contributed by atoms with Gasteiger partial charge in [0.2, 0.25) is 0 Å². The Bertz CT molecular complexity index is 1200. The van der Waals surface area contributed by atoms with Crippen LogP contribution in [-0.4, -0.2) is 43.7 Å². The monoisotopic (exact) mass is 406 g/mol. The number of aromatic nitrogens is 3. The summed E-state index contributed by atoms with van der Waals surface area (Å²) in [6.07, 6.45) is 0. The van der Waals surface area contributed by atoms with Crippen molar-refractivity contribution >= 4 is 28.7 Å². The molecule has 0 N–H and O–H groups in total. The Hall–Kier alpha value is -3.88. The summed E-state index contributed by atoms with van der Waals surface area (Å²) in [5, 5.41) is 8.04. The van der Waals surface area contributed by atoms with E-state index in [0.29, 0.717) is 10.9 Å². The van der Waals surface area contributed by atoms with Gasteiger partial charge in [0, 0.05) is 0 Å². The fourth-order valence-electron chi connectivity index (χ4n) is 3.45. The number of nitrogens with zero attached hydrogens (tertiary/aromatic N) is 4. The molecular formula is C21H18N4O5. The summed E-state index contributed by atoms with van der Waals surface area (Å²) >= 11 is 0. The molecule has 1 aliphatic heterocycles. The topological polar surface area (TPSA) is 111 Å². The van der Waals surface area contributed by atoms with Gasteiger partial charge in [0.25, 0.3) is 17.4 Å². The lowest BCUT2D eigenvalue weighted by molar-refractivity contribution is -0.154. The summed E-state index contributed by atoms with van der Waals surface area (Å²) in [4.78, 5) is 51.8. The van der Waals surface area contributed by atoms with Crippen LogP contribution in [-0.2, 0) is 16.3 Å². The second-order valence-electron chi connectivity index (χ2n) is 7.22.